The molecule has 2 aromatic carbocycles. The molecule has 0 amide bonds. The van der Waals surface area contributed by atoms with Crippen LogP contribution in [0, 0.1) is 18.3 Å². The highest BCUT2D eigenvalue weighted by atomic mass is 16.5. The fourth-order valence-electron chi connectivity index (χ4n) is 3.64. The van der Waals surface area contributed by atoms with E-state index in [9.17, 15) is 5.26 Å². The zero-order valence-electron chi connectivity index (χ0n) is 17.3. The number of rotatable bonds is 6. The predicted octanol–water partition coefficient (Wildman–Crippen LogP) is 4.31. The zero-order chi connectivity index (χ0) is 21.3. The van der Waals surface area contributed by atoms with E-state index in [2.05, 4.69) is 16.4 Å². The third kappa shape index (κ3) is 3.12. The van der Waals surface area contributed by atoms with Gasteiger partial charge in [0.1, 0.15) is 17.6 Å². The lowest BCUT2D eigenvalue weighted by Crippen LogP contribution is -2.08. The molecule has 0 fully saturated rings. The number of pyridine rings is 1. The number of hydrogen-bond donors (Lipinski definition) is 1. The molecule has 4 aromatic rings. The van der Waals surface area contributed by atoms with Crippen molar-refractivity contribution in [3.63, 3.8) is 0 Å². The van der Waals surface area contributed by atoms with Crippen LogP contribution in [-0.4, -0.2) is 30.7 Å². The van der Waals surface area contributed by atoms with Crippen LogP contribution in [0.25, 0.3) is 16.7 Å². The molecule has 0 atom stereocenters. The summed E-state index contributed by atoms with van der Waals surface area (Å²) in [6.45, 7) is 2.40. The standard InChI is InChI=1S/C23H22N4O3/c1-14-9-22(25-13-15-10-20(29-3)21(30-4)11-19(15)28-2)27-18-8-6-5-7-17(18)26-23(27)16(14)12-24/h5-11,25H,13H2,1-4H3. The van der Waals surface area contributed by atoms with Gasteiger partial charge >= 0.3 is 0 Å². The first-order chi connectivity index (χ1) is 14.6. The summed E-state index contributed by atoms with van der Waals surface area (Å²) in [5, 5.41) is 13.1. The lowest BCUT2D eigenvalue weighted by molar-refractivity contribution is 0.347. The van der Waals surface area contributed by atoms with Gasteiger partial charge < -0.3 is 19.5 Å². The molecule has 0 spiro atoms. The Hall–Kier alpha value is -3.92. The van der Waals surface area contributed by atoms with Crippen molar-refractivity contribution < 1.29 is 14.2 Å². The third-order valence-corrected chi connectivity index (χ3v) is 5.13. The molecule has 0 radical (unpaired) electrons. The van der Waals surface area contributed by atoms with E-state index >= 15 is 0 Å². The number of imidazole rings is 1. The molecule has 0 aliphatic rings. The number of hydrogen-bond acceptors (Lipinski definition) is 6. The number of fused-ring (bicyclic) bond motifs is 3. The van der Waals surface area contributed by atoms with Crippen LogP contribution in [0.5, 0.6) is 17.2 Å². The fourth-order valence-corrected chi connectivity index (χ4v) is 3.64. The molecule has 7 nitrogen and oxygen atoms in total. The van der Waals surface area contributed by atoms with Gasteiger partial charge in [0.05, 0.1) is 37.9 Å². The van der Waals surface area contributed by atoms with Gasteiger partial charge in [0.2, 0.25) is 0 Å². The molecule has 1 N–H and O–H groups in total. The molecule has 0 unspecified atom stereocenters. The smallest absolute Gasteiger partial charge is 0.164 e. The Morgan fingerprint density at radius 1 is 1.00 bits per heavy atom. The van der Waals surface area contributed by atoms with Gasteiger partial charge in [0, 0.05) is 18.2 Å². The van der Waals surface area contributed by atoms with Gasteiger partial charge in [-0.2, -0.15) is 5.26 Å². The Morgan fingerprint density at radius 3 is 2.40 bits per heavy atom. The van der Waals surface area contributed by atoms with Crippen LogP contribution in [0.3, 0.4) is 0 Å². The summed E-state index contributed by atoms with van der Waals surface area (Å²) in [5.74, 6) is 2.77. The van der Waals surface area contributed by atoms with E-state index < -0.39 is 0 Å². The third-order valence-electron chi connectivity index (χ3n) is 5.13. The Bertz CT molecular complexity index is 1290. The minimum absolute atomic E-state index is 0.483. The molecule has 0 saturated heterocycles. The first-order valence-corrected chi connectivity index (χ1v) is 9.45. The number of nitrogens with one attached hydrogen (secondary N) is 1. The summed E-state index contributed by atoms with van der Waals surface area (Å²) in [6.07, 6.45) is 0. The Morgan fingerprint density at radius 2 is 1.70 bits per heavy atom. The predicted molar refractivity (Wildman–Crippen MR) is 116 cm³/mol. The molecule has 152 valence electrons. The highest BCUT2D eigenvalue weighted by molar-refractivity contribution is 5.85. The van der Waals surface area contributed by atoms with Crippen LogP contribution in [0.4, 0.5) is 5.82 Å². The van der Waals surface area contributed by atoms with Crippen molar-refractivity contribution in [3.05, 3.63) is 59.2 Å². The largest absolute Gasteiger partial charge is 0.496 e. The van der Waals surface area contributed by atoms with Gasteiger partial charge in [-0.1, -0.05) is 12.1 Å². The number of para-hydroxylation sites is 2. The minimum Gasteiger partial charge on any atom is -0.496 e. The Labute approximate surface area is 174 Å². The minimum atomic E-state index is 0.483. The van der Waals surface area contributed by atoms with Gasteiger partial charge in [-0.15, -0.1) is 0 Å². The summed E-state index contributed by atoms with van der Waals surface area (Å²) in [7, 11) is 4.82. The summed E-state index contributed by atoms with van der Waals surface area (Å²) >= 11 is 0. The molecule has 7 heteroatoms. The molecule has 0 aliphatic carbocycles. The number of aromatic nitrogens is 2. The second-order valence-corrected chi connectivity index (χ2v) is 6.83. The number of aryl methyl sites for hydroxylation is 1. The molecule has 2 heterocycles. The topological polar surface area (TPSA) is 80.8 Å². The molecule has 0 saturated carbocycles. The first kappa shape index (κ1) is 19.4. The van der Waals surface area contributed by atoms with Crippen molar-refractivity contribution in [3.8, 4) is 23.3 Å². The average Bonchev–Trinajstić information content (AvgIpc) is 3.16. The van der Waals surface area contributed by atoms with Crippen LogP contribution in [0.1, 0.15) is 16.7 Å². The molecule has 4 rings (SSSR count). The van der Waals surface area contributed by atoms with E-state index in [-0.39, 0.29) is 0 Å². The number of benzene rings is 2. The van der Waals surface area contributed by atoms with Gasteiger partial charge in [0.15, 0.2) is 17.1 Å². The molecular weight excluding hydrogens is 380 g/mol. The van der Waals surface area contributed by atoms with E-state index in [1.807, 2.05) is 53.8 Å². The van der Waals surface area contributed by atoms with Gasteiger partial charge in [-0.3, -0.25) is 4.40 Å². The molecule has 0 aliphatic heterocycles. The van der Waals surface area contributed by atoms with Crippen molar-refractivity contribution in [1.29, 1.82) is 5.26 Å². The number of methoxy groups -OCH3 is 3. The lowest BCUT2D eigenvalue weighted by atomic mass is 10.1. The monoisotopic (exact) mass is 402 g/mol. The van der Waals surface area contributed by atoms with Crippen molar-refractivity contribution in [2.24, 2.45) is 0 Å². The van der Waals surface area contributed by atoms with E-state index in [1.54, 1.807) is 21.3 Å². The summed E-state index contributed by atoms with van der Waals surface area (Å²) in [4.78, 5) is 4.69. The van der Waals surface area contributed by atoms with Gasteiger partial charge in [-0.05, 0) is 36.8 Å². The summed E-state index contributed by atoms with van der Waals surface area (Å²) < 4.78 is 18.3. The number of ether oxygens (including phenoxy) is 3. The van der Waals surface area contributed by atoms with Crippen molar-refractivity contribution in [2.45, 2.75) is 13.5 Å². The van der Waals surface area contributed by atoms with Crippen LogP contribution in [-0.2, 0) is 6.54 Å². The highest BCUT2D eigenvalue weighted by Crippen LogP contribution is 2.35. The number of anilines is 1. The van der Waals surface area contributed by atoms with Crippen LogP contribution in [0.2, 0.25) is 0 Å². The number of nitrogens with zero attached hydrogens (tertiary/aromatic N) is 3. The second-order valence-electron chi connectivity index (χ2n) is 6.83. The van der Waals surface area contributed by atoms with E-state index in [4.69, 9.17) is 14.2 Å². The molecule has 0 bridgehead atoms. The Balaban J connectivity index is 1.81. The van der Waals surface area contributed by atoms with Crippen molar-refractivity contribution >= 4 is 22.5 Å². The summed E-state index contributed by atoms with van der Waals surface area (Å²) in [5.41, 5.74) is 4.76. The lowest BCUT2D eigenvalue weighted by Gasteiger charge is -2.16. The van der Waals surface area contributed by atoms with Crippen LogP contribution >= 0.6 is 0 Å². The SMILES string of the molecule is COc1cc(OC)c(OC)cc1CNc1cc(C)c(C#N)c2nc3ccccc3n12. The number of nitriles is 1. The molecular formula is C23H22N4O3. The van der Waals surface area contributed by atoms with E-state index in [0.29, 0.717) is 35.0 Å². The normalized spacial score (nSPS) is 10.8. The second kappa shape index (κ2) is 7.84. The molecule has 2 aromatic heterocycles. The van der Waals surface area contributed by atoms with Gasteiger partial charge in [0.25, 0.3) is 0 Å². The zero-order valence-corrected chi connectivity index (χ0v) is 17.3. The van der Waals surface area contributed by atoms with Gasteiger partial charge in [-0.25, -0.2) is 4.98 Å². The first-order valence-electron chi connectivity index (χ1n) is 9.45. The average molecular weight is 402 g/mol. The fraction of sp³-hybridized carbons (Fsp3) is 0.217. The van der Waals surface area contributed by atoms with E-state index in [1.165, 1.54) is 0 Å². The summed E-state index contributed by atoms with van der Waals surface area (Å²) in [6, 6.07) is 15.8. The van der Waals surface area contributed by atoms with Crippen LogP contribution < -0.4 is 19.5 Å². The van der Waals surface area contributed by atoms with Crippen LogP contribution in [0.15, 0.2) is 42.5 Å². The maximum Gasteiger partial charge on any atom is 0.164 e. The van der Waals surface area contributed by atoms with E-state index in [0.717, 1.165) is 28.0 Å². The van der Waals surface area contributed by atoms with Crippen molar-refractivity contribution in [1.82, 2.24) is 9.38 Å². The highest BCUT2D eigenvalue weighted by Gasteiger charge is 2.16. The quantitative estimate of drug-likeness (QED) is 0.518. The maximum absolute atomic E-state index is 9.65. The molecule has 30 heavy (non-hydrogen) atoms. The Kier molecular flexibility index (Phi) is 5.07. The van der Waals surface area contributed by atoms with Crippen molar-refractivity contribution in [2.75, 3.05) is 26.6 Å². The maximum atomic E-state index is 9.65.